The molecular formula is C17H24N6O3S. The van der Waals surface area contributed by atoms with Crippen LogP contribution in [0.25, 0.3) is 0 Å². The van der Waals surface area contributed by atoms with Gasteiger partial charge < -0.3 is 14.3 Å². The summed E-state index contributed by atoms with van der Waals surface area (Å²) >= 11 is 0. The Balaban J connectivity index is 1.47. The summed E-state index contributed by atoms with van der Waals surface area (Å²) in [6.45, 7) is 5.89. The van der Waals surface area contributed by atoms with E-state index in [2.05, 4.69) is 24.5 Å². The van der Waals surface area contributed by atoms with Gasteiger partial charge in [0.1, 0.15) is 17.0 Å². The van der Waals surface area contributed by atoms with Crippen LogP contribution in [-0.2, 0) is 10.0 Å². The predicted octanol–water partition coefficient (Wildman–Crippen LogP) is 1.27. The van der Waals surface area contributed by atoms with E-state index in [0.717, 1.165) is 30.9 Å². The van der Waals surface area contributed by atoms with Crippen LogP contribution in [-0.4, -0.2) is 67.1 Å². The molecule has 0 bridgehead atoms. The number of hydrogen-bond acceptors (Lipinski definition) is 8. The average Bonchev–Trinajstić information content (AvgIpc) is 3.24. The third-order valence-electron chi connectivity index (χ3n) is 5.08. The second-order valence-electron chi connectivity index (χ2n) is 6.97. The van der Waals surface area contributed by atoms with E-state index < -0.39 is 10.0 Å². The Morgan fingerprint density at radius 2 is 1.70 bits per heavy atom. The van der Waals surface area contributed by atoms with Gasteiger partial charge in [-0.15, -0.1) is 0 Å². The third kappa shape index (κ3) is 3.77. The van der Waals surface area contributed by atoms with Gasteiger partial charge in [-0.1, -0.05) is 5.16 Å². The maximum Gasteiger partial charge on any atom is 0.248 e. The summed E-state index contributed by atoms with van der Waals surface area (Å²) in [4.78, 5) is 13.8. The van der Waals surface area contributed by atoms with Crippen molar-refractivity contribution >= 4 is 21.8 Å². The van der Waals surface area contributed by atoms with Crippen LogP contribution in [0.2, 0.25) is 0 Å². The molecule has 146 valence electrons. The molecule has 2 saturated heterocycles. The lowest BCUT2D eigenvalue weighted by atomic mass is 10.1. The summed E-state index contributed by atoms with van der Waals surface area (Å²) < 4.78 is 31.3. The van der Waals surface area contributed by atoms with Gasteiger partial charge in [-0.05, 0) is 26.2 Å². The highest BCUT2D eigenvalue weighted by Gasteiger charge is 2.30. The number of anilines is 2. The van der Waals surface area contributed by atoms with E-state index in [9.17, 15) is 8.42 Å². The molecule has 0 N–H and O–H groups in total. The lowest BCUT2D eigenvalue weighted by molar-refractivity contribution is 0.381. The molecule has 0 amide bonds. The second kappa shape index (κ2) is 7.43. The van der Waals surface area contributed by atoms with Crippen LogP contribution in [0.5, 0.6) is 0 Å². The van der Waals surface area contributed by atoms with Gasteiger partial charge in [0.2, 0.25) is 16.0 Å². The van der Waals surface area contributed by atoms with Gasteiger partial charge in [0, 0.05) is 51.0 Å². The Morgan fingerprint density at radius 1 is 0.963 bits per heavy atom. The van der Waals surface area contributed by atoms with Crippen LogP contribution in [0.15, 0.2) is 27.9 Å². The van der Waals surface area contributed by atoms with E-state index >= 15 is 0 Å². The van der Waals surface area contributed by atoms with Crippen molar-refractivity contribution < 1.29 is 12.9 Å². The van der Waals surface area contributed by atoms with Crippen LogP contribution in [0.1, 0.15) is 25.0 Å². The SMILES string of the molecule is Cc1cc(N2CCCCC2)nc(N2CCN(S(=O)(=O)c3cnoc3)CC2)n1. The standard InChI is InChI=1S/C17H24N6O3S/c1-14-11-16(21-5-3-2-4-6-21)20-17(19-14)22-7-9-23(10-8-22)27(24,25)15-12-18-26-13-15/h11-13H,2-10H2,1H3. The molecule has 4 heterocycles. The summed E-state index contributed by atoms with van der Waals surface area (Å²) in [6, 6.07) is 2.03. The number of rotatable bonds is 4. The molecule has 9 nitrogen and oxygen atoms in total. The second-order valence-corrected chi connectivity index (χ2v) is 8.90. The van der Waals surface area contributed by atoms with Crippen LogP contribution < -0.4 is 9.80 Å². The van der Waals surface area contributed by atoms with Crippen molar-refractivity contribution in [3.63, 3.8) is 0 Å². The molecule has 10 heteroatoms. The first-order chi connectivity index (χ1) is 13.0. The number of piperidine rings is 1. The van der Waals surface area contributed by atoms with Gasteiger partial charge in [-0.2, -0.15) is 9.29 Å². The highest BCUT2D eigenvalue weighted by atomic mass is 32.2. The van der Waals surface area contributed by atoms with Crippen molar-refractivity contribution in [2.75, 3.05) is 49.1 Å². The molecule has 0 radical (unpaired) electrons. The predicted molar refractivity (Wildman–Crippen MR) is 100 cm³/mol. The molecule has 2 aromatic rings. The molecule has 0 spiro atoms. The quantitative estimate of drug-likeness (QED) is 0.768. The summed E-state index contributed by atoms with van der Waals surface area (Å²) in [6.07, 6.45) is 6.05. The largest absolute Gasteiger partial charge is 0.363 e. The molecule has 2 aliphatic rings. The zero-order chi connectivity index (χ0) is 18.9. The highest BCUT2D eigenvalue weighted by Crippen LogP contribution is 2.23. The minimum atomic E-state index is -3.56. The third-order valence-corrected chi connectivity index (χ3v) is 6.92. The zero-order valence-electron chi connectivity index (χ0n) is 15.4. The van der Waals surface area contributed by atoms with Crippen LogP contribution in [0.4, 0.5) is 11.8 Å². The summed E-state index contributed by atoms with van der Waals surface area (Å²) in [5, 5.41) is 3.49. The van der Waals surface area contributed by atoms with Crippen molar-refractivity contribution in [3.8, 4) is 0 Å². The number of hydrogen-bond donors (Lipinski definition) is 0. The fourth-order valence-electron chi connectivity index (χ4n) is 3.56. The first kappa shape index (κ1) is 18.2. The lowest BCUT2D eigenvalue weighted by Gasteiger charge is -2.34. The molecular weight excluding hydrogens is 368 g/mol. The number of piperazine rings is 1. The van der Waals surface area contributed by atoms with Crippen molar-refractivity contribution in [1.29, 1.82) is 0 Å². The number of aromatic nitrogens is 3. The van der Waals surface area contributed by atoms with Crippen molar-refractivity contribution in [1.82, 2.24) is 19.4 Å². The fourth-order valence-corrected chi connectivity index (χ4v) is 4.85. The summed E-state index contributed by atoms with van der Waals surface area (Å²) in [7, 11) is -3.56. The van der Waals surface area contributed by atoms with E-state index in [0.29, 0.717) is 32.1 Å². The molecule has 27 heavy (non-hydrogen) atoms. The van der Waals surface area contributed by atoms with Gasteiger partial charge in [-0.3, -0.25) is 0 Å². The Kier molecular flexibility index (Phi) is 5.00. The van der Waals surface area contributed by atoms with Crippen molar-refractivity contribution in [2.24, 2.45) is 0 Å². The number of sulfonamides is 1. The van der Waals surface area contributed by atoms with Gasteiger partial charge in [-0.25, -0.2) is 13.4 Å². The van der Waals surface area contributed by atoms with Crippen LogP contribution >= 0.6 is 0 Å². The Hall–Kier alpha value is -2.20. The fraction of sp³-hybridized carbons (Fsp3) is 0.588. The van der Waals surface area contributed by atoms with Gasteiger partial charge in [0.25, 0.3) is 0 Å². The van der Waals surface area contributed by atoms with Gasteiger partial charge in [0.05, 0.1) is 6.20 Å². The Bertz CT molecular complexity index is 872. The topological polar surface area (TPSA) is 95.7 Å². The van der Waals surface area contributed by atoms with Gasteiger partial charge >= 0.3 is 0 Å². The maximum absolute atomic E-state index is 12.6. The summed E-state index contributed by atoms with van der Waals surface area (Å²) in [5.41, 5.74) is 0.931. The zero-order valence-corrected chi connectivity index (χ0v) is 16.2. The van der Waals surface area contributed by atoms with Crippen LogP contribution in [0.3, 0.4) is 0 Å². The molecule has 0 saturated carbocycles. The molecule has 0 atom stereocenters. The molecule has 4 rings (SSSR count). The van der Waals surface area contributed by atoms with E-state index in [1.807, 2.05) is 13.0 Å². The normalized spacial score (nSPS) is 19.4. The monoisotopic (exact) mass is 392 g/mol. The molecule has 2 aromatic heterocycles. The molecule has 0 aliphatic carbocycles. The first-order valence-corrected chi connectivity index (χ1v) is 10.7. The Labute approximate surface area is 159 Å². The van der Waals surface area contributed by atoms with Gasteiger partial charge in [0.15, 0.2) is 0 Å². The van der Waals surface area contributed by atoms with Crippen molar-refractivity contribution in [3.05, 3.63) is 24.2 Å². The maximum atomic E-state index is 12.6. The number of nitrogens with zero attached hydrogens (tertiary/aromatic N) is 6. The number of aryl methyl sites for hydroxylation is 1. The molecule has 2 aliphatic heterocycles. The highest BCUT2D eigenvalue weighted by molar-refractivity contribution is 7.89. The molecule has 0 aromatic carbocycles. The van der Waals surface area contributed by atoms with Crippen LogP contribution in [0, 0.1) is 6.92 Å². The minimum absolute atomic E-state index is 0.0927. The smallest absolute Gasteiger partial charge is 0.248 e. The van der Waals surface area contributed by atoms with E-state index in [4.69, 9.17) is 4.98 Å². The van der Waals surface area contributed by atoms with E-state index in [1.165, 1.54) is 29.8 Å². The average molecular weight is 392 g/mol. The minimum Gasteiger partial charge on any atom is -0.363 e. The molecule has 2 fully saturated rings. The summed E-state index contributed by atoms with van der Waals surface area (Å²) in [5.74, 6) is 1.65. The first-order valence-electron chi connectivity index (χ1n) is 9.29. The lowest BCUT2D eigenvalue weighted by Crippen LogP contribution is -2.49. The van der Waals surface area contributed by atoms with Crippen molar-refractivity contribution in [2.45, 2.75) is 31.1 Å². The van der Waals surface area contributed by atoms with E-state index in [-0.39, 0.29) is 4.90 Å². The van der Waals surface area contributed by atoms with E-state index in [1.54, 1.807) is 0 Å². The molecule has 0 unspecified atom stereocenters. The Morgan fingerprint density at radius 3 is 2.37 bits per heavy atom.